The minimum atomic E-state index is -2.05. The highest BCUT2D eigenvalue weighted by atomic mass is 16.6. The zero-order valence-electron chi connectivity index (χ0n) is 23.1. The van der Waals surface area contributed by atoms with Crippen molar-refractivity contribution in [3.63, 3.8) is 0 Å². The van der Waals surface area contributed by atoms with Gasteiger partial charge in [-0.2, -0.15) is 0 Å². The number of hydrogen-bond donors (Lipinski definition) is 1. The van der Waals surface area contributed by atoms with Gasteiger partial charge in [0.2, 0.25) is 0 Å². The van der Waals surface area contributed by atoms with Gasteiger partial charge in [0.1, 0.15) is 29.3 Å². The molecule has 0 heterocycles. The van der Waals surface area contributed by atoms with E-state index in [1.807, 2.05) is 6.92 Å². The smallest absolute Gasteiger partial charge is 0.303 e. The molecule has 0 radical (unpaired) electrons. The van der Waals surface area contributed by atoms with Crippen LogP contribution in [0.4, 0.5) is 0 Å². The molecule has 0 aromatic heterocycles. The number of carbonyl (C=O) groups is 5. The van der Waals surface area contributed by atoms with Crippen LogP contribution in [0.2, 0.25) is 0 Å². The topological polar surface area (TPSA) is 143 Å². The molecule has 38 heavy (non-hydrogen) atoms. The van der Waals surface area contributed by atoms with Crippen molar-refractivity contribution in [3.8, 4) is 0 Å². The lowest BCUT2D eigenvalue weighted by Gasteiger charge is -2.68. The molecule has 0 aliphatic heterocycles. The summed E-state index contributed by atoms with van der Waals surface area (Å²) in [6.07, 6.45) is -3.22. The molecule has 9 atom stereocenters. The number of aliphatic hydroxyl groups is 1. The number of Topliss-reactive ketones (excluding diaryl/α,β-unsaturated/α-hetero) is 1. The fourth-order valence-electron chi connectivity index (χ4n) is 8.70. The molecule has 4 fully saturated rings. The van der Waals surface area contributed by atoms with Gasteiger partial charge in [0.05, 0.1) is 0 Å². The van der Waals surface area contributed by atoms with Gasteiger partial charge in [-0.1, -0.05) is 27.4 Å². The quantitative estimate of drug-likeness (QED) is 0.325. The van der Waals surface area contributed by atoms with Crippen molar-refractivity contribution in [2.75, 3.05) is 0 Å². The molecule has 0 unspecified atom stereocenters. The maximum atomic E-state index is 14.4. The van der Waals surface area contributed by atoms with Crippen molar-refractivity contribution in [2.24, 2.45) is 28.1 Å². The van der Waals surface area contributed by atoms with Crippen LogP contribution >= 0.6 is 0 Å². The van der Waals surface area contributed by atoms with Gasteiger partial charge in [-0.3, -0.25) is 24.0 Å². The Labute approximate surface area is 222 Å². The van der Waals surface area contributed by atoms with Crippen molar-refractivity contribution in [2.45, 2.75) is 104 Å². The number of rotatable bonds is 4. The molecule has 0 aromatic rings. The van der Waals surface area contributed by atoms with Crippen molar-refractivity contribution in [1.29, 1.82) is 0 Å². The number of carbonyl (C=O) groups excluding carboxylic acids is 5. The Morgan fingerprint density at radius 1 is 0.868 bits per heavy atom. The third-order valence-electron chi connectivity index (χ3n) is 9.77. The van der Waals surface area contributed by atoms with Crippen molar-refractivity contribution < 1.29 is 48.0 Å². The highest BCUT2D eigenvalue weighted by Gasteiger charge is 2.84. The van der Waals surface area contributed by atoms with E-state index in [0.717, 1.165) is 0 Å². The van der Waals surface area contributed by atoms with Crippen LogP contribution in [0.5, 0.6) is 0 Å². The average Bonchev–Trinajstić information content (AvgIpc) is 2.85. The van der Waals surface area contributed by atoms with Crippen LogP contribution in [-0.4, -0.2) is 64.8 Å². The summed E-state index contributed by atoms with van der Waals surface area (Å²) in [5, 5.41) is 11.9. The van der Waals surface area contributed by atoms with Crippen molar-refractivity contribution in [3.05, 3.63) is 12.2 Å². The number of hydrogen-bond acceptors (Lipinski definition) is 10. The first kappa shape index (κ1) is 28.3. The van der Waals surface area contributed by atoms with E-state index < -0.39 is 76.4 Å². The minimum absolute atomic E-state index is 0.178. The Kier molecular flexibility index (Phi) is 6.61. The number of ether oxygens (including phenoxy) is 4. The number of esters is 4. The van der Waals surface area contributed by atoms with E-state index in [2.05, 4.69) is 20.4 Å². The van der Waals surface area contributed by atoms with Crippen LogP contribution in [0.1, 0.15) is 74.1 Å². The van der Waals surface area contributed by atoms with Gasteiger partial charge in [0.15, 0.2) is 11.9 Å². The molecule has 4 aliphatic carbocycles. The molecule has 0 saturated heterocycles. The standard InChI is InChI=1S/C28H38O10/c1-13-23(33)28-21(37-16(4)31)11-19-25(6,7)10-9-20(36-15(3)30)26(19,8)22(28)18(35-14(2)29)12-27(13,34)24(28)38-17(5)32/h18-22,24,34H,1,9-12H2,2-8H3/t18-,19+,20+,21+,22+,24-,26-,27+,28+/m0/s1. The molecule has 1 spiro atoms. The first-order valence-corrected chi connectivity index (χ1v) is 13.1. The normalized spacial score (nSPS) is 42.8. The highest BCUT2D eigenvalue weighted by molar-refractivity contribution is 6.07. The summed E-state index contributed by atoms with van der Waals surface area (Å²) in [6.45, 7) is 14.9. The second-order valence-electron chi connectivity index (χ2n) is 12.4. The summed E-state index contributed by atoms with van der Waals surface area (Å²) in [4.78, 5) is 63.9. The third-order valence-corrected chi connectivity index (χ3v) is 9.77. The summed E-state index contributed by atoms with van der Waals surface area (Å²) in [7, 11) is 0. The Hall–Kier alpha value is -2.75. The van der Waals surface area contributed by atoms with Crippen LogP contribution in [0.15, 0.2) is 12.2 Å². The highest BCUT2D eigenvalue weighted by Crippen LogP contribution is 2.73. The lowest BCUT2D eigenvalue weighted by molar-refractivity contribution is -0.298. The molecule has 10 heteroatoms. The molecular formula is C28H38O10. The third kappa shape index (κ3) is 3.73. The summed E-state index contributed by atoms with van der Waals surface area (Å²) < 4.78 is 23.3. The molecular weight excluding hydrogens is 496 g/mol. The van der Waals surface area contributed by atoms with E-state index in [0.29, 0.717) is 12.8 Å². The molecule has 0 aromatic carbocycles. The minimum Gasteiger partial charge on any atom is -0.462 e. The summed E-state index contributed by atoms with van der Waals surface area (Å²) in [6, 6.07) is 0. The molecule has 1 N–H and O–H groups in total. The molecule has 210 valence electrons. The summed E-state index contributed by atoms with van der Waals surface area (Å²) in [5.41, 5.74) is -5.41. The van der Waals surface area contributed by atoms with Gasteiger partial charge in [0, 0.05) is 51.0 Å². The van der Waals surface area contributed by atoms with E-state index >= 15 is 0 Å². The molecule has 4 aliphatic rings. The lowest BCUT2D eigenvalue weighted by atomic mass is 9.38. The van der Waals surface area contributed by atoms with E-state index in [9.17, 15) is 29.1 Å². The van der Waals surface area contributed by atoms with Crippen LogP contribution < -0.4 is 0 Å². The second kappa shape index (κ2) is 8.89. The van der Waals surface area contributed by atoms with Gasteiger partial charge in [0.25, 0.3) is 0 Å². The van der Waals surface area contributed by atoms with Gasteiger partial charge < -0.3 is 24.1 Å². The van der Waals surface area contributed by atoms with Crippen LogP contribution in [0.25, 0.3) is 0 Å². The SMILES string of the molecule is C=C1C(=O)[C@@]23[C@H]([C@@H](OC(C)=O)C[C@]1(O)[C@@H]2OC(C)=O)[C@@]1(C)[C@H](C[C@H]3OC(C)=O)C(C)(C)CC[C@H]1OC(C)=O. The zero-order chi connectivity index (χ0) is 28.6. The van der Waals surface area contributed by atoms with Gasteiger partial charge in [-0.05, 0) is 30.6 Å². The molecule has 4 saturated carbocycles. The second-order valence-corrected chi connectivity index (χ2v) is 12.4. The lowest BCUT2D eigenvalue weighted by Crippen LogP contribution is -2.76. The average molecular weight is 535 g/mol. The predicted molar refractivity (Wildman–Crippen MR) is 131 cm³/mol. The van der Waals surface area contributed by atoms with E-state index in [1.54, 1.807) is 0 Å². The van der Waals surface area contributed by atoms with Gasteiger partial charge in [-0.15, -0.1) is 0 Å². The first-order valence-electron chi connectivity index (χ1n) is 13.1. The Bertz CT molecular complexity index is 1110. The molecule has 4 rings (SSSR count). The maximum absolute atomic E-state index is 14.4. The van der Waals surface area contributed by atoms with E-state index in [4.69, 9.17) is 18.9 Å². The Morgan fingerprint density at radius 2 is 1.39 bits per heavy atom. The van der Waals surface area contributed by atoms with Gasteiger partial charge >= 0.3 is 23.9 Å². The Balaban J connectivity index is 2.09. The van der Waals surface area contributed by atoms with Crippen LogP contribution in [-0.2, 0) is 42.9 Å². The number of ketones is 1. The fourth-order valence-corrected chi connectivity index (χ4v) is 8.70. The molecule has 0 amide bonds. The summed E-state index contributed by atoms with van der Waals surface area (Å²) in [5.74, 6) is -4.34. The molecule has 2 bridgehead atoms. The van der Waals surface area contributed by atoms with E-state index in [-0.39, 0.29) is 29.7 Å². The number of fused-ring (bicyclic) bond motifs is 3. The largest absolute Gasteiger partial charge is 0.462 e. The van der Waals surface area contributed by atoms with Crippen LogP contribution in [0, 0.1) is 28.1 Å². The fraction of sp³-hybridized carbons (Fsp3) is 0.750. The monoisotopic (exact) mass is 534 g/mol. The van der Waals surface area contributed by atoms with E-state index in [1.165, 1.54) is 27.7 Å². The van der Waals surface area contributed by atoms with Crippen LogP contribution in [0.3, 0.4) is 0 Å². The van der Waals surface area contributed by atoms with Crippen molar-refractivity contribution in [1.82, 2.24) is 0 Å². The van der Waals surface area contributed by atoms with Gasteiger partial charge in [-0.25, -0.2) is 0 Å². The maximum Gasteiger partial charge on any atom is 0.303 e. The predicted octanol–water partition coefficient (Wildman–Crippen LogP) is 2.44. The zero-order valence-corrected chi connectivity index (χ0v) is 23.1. The van der Waals surface area contributed by atoms with Crippen molar-refractivity contribution >= 4 is 29.7 Å². The molecule has 10 nitrogen and oxygen atoms in total. The summed E-state index contributed by atoms with van der Waals surface area (Å²) >= 11 is 0. The first-order chi connectivity index (χ1) is 17.4. The Morgan fingerprint density at radius 3 is 1.92 bits per heavy atom.